The number of hydrogen-bond acceptors (Lipinski definition) is 2. The second kappa shape index (κ2) is 5.09. The lowest BCUT2D eigenvalue weighted by Gasteiger charge is -2.23. The Morgan fingerprint density at radius 2 is 1.53 bits per heavy atom. The van der Waals surface area contributed by atoms with Gasteiger partial charge in [0.25, 0.3) is 0 Å². The predicted molar refractivity (Wildman–Crippen MR) is 71.5 cm³/mol. The number of aliphatic hydroxyl groups excluding tert-OH is 1. The largest absolute Gasteiger partial charge is 0.493 e. The molecular weight excluding hydrogens is 212 g/mol. The number of ether oxygens (including phenoxy) is 1. The Labute approximate surface area is 105 Å². The molecule has 0 spiro atoms. The topological polar surface area (TPSA) is 29.5 Å². The minimum atomic E-state index is -0.192. The van der Waals surface area contributed by atoms with Crippen molar-refractivity contribution >= 4 is 0 Å². The van der Waals surface area contributed by atoms with Crippen LogP contribution in [-0.2, 0) is 5.41 Å². The second-order valence-corrected chi connectivity index (χ2v) is 6.39. The van der Waals surface area contributed by atoms with Crippen LogP contribution < -0.4 is 4.74 Å². The predicted octanol–water partition coefficient (Wildman–Crippen LogP) is 3.38. The first-order valence-corrected chi connectivity index (χ1v) is 6.09. The molecule has 0 radical (unpaired) electrons. The van der Waals surface area contributed by atoms with Crippen molar-refractivity contribution in [1.29, 1.82) is 0 Å². The lowest BCUT2D eigenvalue weighted by Crippen LogP contribution is -2.25. The number of aliphatic hydroxyl groups is 1. The molecule has 1 aromatic rings. The van der Waals surface area contributed by atoms with Crippen LogP contribution in [0.1, 0.15) is 40.2 Å². The van der Waals surface area contributed by atoms with Gasteiger partial charge in [0, 0.05) is 5.41 Å². The molecule has 0 fully saturated rings. The van der Waals surface area contributed by atoms with Gasteiger partial charge >= 0.3 is 0 Å². The molecule has 1 rings (SSSR count). The van der Waals surface area contributed by atoms with Crippen LogP contribution in [0.2, 0.25) is 0 Å². The lowest BCUT2D eigenvalue weighted by molar-refractivity contribution is 0.0975. The van der Waals surface area contributed by atoms with Gasteiger partial charge in [-0.1, -0.05) is 46.8 Å². The van der Waals surface area contributed by atoms with Gasteiger partial charge in [-0.25, -0.2) is 0 Å². The molecule has 0 aliphatic carbocycles. The maximum absolute atomic E-state index is 9.14. The van der Waals surface area contributed by atoms with E-state index in [-0.39, 0.29) is 17.4 Å². The van der Waals surface area contributed by atoms with E-state index in [0.717, 1.165) is 5.75 Å². The summed E-state index contributed by atoms with van der Waals surface area (Å²) in [4.78, 5) is 0. The summed E-state index contributed by atoms with van der Waals surface area (Å²) in [7, 11) is 0. The first-order chi connectivity index (χ1) is 7.74. The summed E-state index contributed by atoms with van der Waals surface area (Å²) in [6, 6.07) is 8.19. The van der Waals surface area contributed by atoms with Crippen molar-refractivity contribution < 1.29 is 9.84 Å². The van der Waals surface area contributed by atoms with Crippen LogP contribution in [0.25, 0.3) is 0 Å². The third kappa shape index (κ3) is 4.39. The van der Waals surface area contributed by atoms with Crippen molar-refractivity contribution in [2.24, 2.45) is 5.41 Å². The fourth-order valence-electron chi connectivity index (χ4n) is 1.38. The molecule has 96 valence electrons. The van der Waals surface area contributed by atoms with E-state index in [1.54, 1.807) is 0 Å². The molecule has 0 unspecified atom stereocenters. The smallest absolute Gasteiger partial charge is 0.119 e. The molecule has 1 aromatic carbocycles. The molecule has 0 aliphatic heterocycles. The van der Waals surface area contributed by atoms with Crippen LogP contribution in [0.15, 0.2) is 24.3 Å². The Kier molecular flexibility index (Phi) is 4.21. The molecular formula is C15H24O2. The molecule has 0 amide bonds. The summed E-state index contributed by atoms with van der Waals surface area (Å²) in [6.07, 6.45) is 0. The zero-order valence-corrected chi connectivity index (χ0v) is 11.6. The quantitative estimate of drug-likeness (QED) is 0.868. The zero-order chi connectivity index (χ0) is 13.1. The third-order valence-corrected chi connectivity index (χ3v) is 2.78. The van der Waals surface area contributed by atoms with Gasteiger partial charge in [0.2, 0.25) is 0 Å². The summed E-state index contributed by atoms with van der Waals surface area (Å²) < 4.78 is 5.67. The monoisotopic (exact) mass is 236 g/mol. The summed E-state index contributed by atoms with van der Waals surface area (Å²) in [6.45, 7) is 11.2. The van der Waals surface area contributed by atoms with E-state index in [4.69, 9.17) is 9.84 Å². The summed E-state index contributed by atoms with van der Waals surface area (Å²) in [5.74, 6) is 0.861. The molecule has 0 saturated heterocycles. The van der Waals surface area contributed by atoms with Crippen molar-refractivity contribution in [2.45, 2.75) is 40.0 Å². The highest BCUT2D eigenvalue weighted by atomic mass is 16.5. The average Bonchev–Trinajstić information content (AvgIpc) is 2.26. The van der Waals surface area contributed by atoms with Crippen LogP contribution in [0.3, 0.4) is 0 Å². The molecule has 2 nitrogen and oxygen atoms in total. The Balaban J connectivity index is 2.64. The van der Waals surface area contributed by atoms with E-state index in [1.165, 1.54) is 5.56 Å². The molecule has 0 saturated carbocycles. The van der Waals surface area contributed by atoms with Crippen LogP contribution in [-0.4, -0.2) is 18.3 Å². The van der Waals surface area contributed by atoms with Crippen molar-refractivity contribution in [1.82, 2.24) is 0 Å². The zero-order valence-electron chi connectivity index (χ0n) is 11.6. The Bertz CT molecular complexity index is 344. The highest BCUT2D eigenvalue weighted by Crippen LogP contribution is 2.25. The van der Waals surface area contributed by atoms with Crippen molar-refractivity contribution in [3.8, 4) is 5.75 Å². The van der Waals surface area contributed by atoms with E-state index in [0.29, 0.717) is 6.61 Å². The van der Waals surface area contributed by atoms with E-state index in [1.807, 2.05) is 26.0 Å². The van der Waals surface area contributed by atoms with Crippen molar-refractivity contribution in [3.63, 3.8) is 0 Å². The van der Waals surface area contributed by atoms with Crippen molar-refractivity contribution in [2.75, 3.05) is 13.2 Å². The van der Waals surface area contributed by atoms with E-state index in [9.17, 15) is 0 Å². The van der Waals surface area contributed by atoms with Gasteiger partial charge in [0.1, 0.15) is 5.75 Å². The third-order valence-electron chi connectivity index (χ3n) is 2.78. The highest BCUT2D eigenvalue weighted by Gasteiger charge is 2.18. The first kappa shape index (κ1) is 14.0. The second-order valence-electron chi connectivity index (χ2n) is 6.39. The summed E-state index contributed by atoms with van der Waals surface area (Å²) in [5.41, 5.74) is 1.28. The molecule has 1 N–H and O–H groups in total. The standard InChI is InChI=1S/C15H24O2/c1-14(2,3)12-6-8-13(9-7-12)17-11-15(4,5)10-16/h6-9,16H,10-11H2,1-5H3. The van der Waals surface area contributed by atoms with E-state index < -0.39 is 0 Å². The molecule has 0 atom stereocenters. The van der Waals surface area contributed by atoms with Crippen molar-refractivity contribution in [3.05, 3.63) is 29.8 Å². The Hall–Kier alpha value is -1.02. The van der Waals surface area contributed by atoms with Crippen LogP contribution in [0, 0.1) is 5.41 Å². The molecule has 17 heavy (non-hydrogen) atoms. The van der Waals surface area contributed by atoms with Gasteiger partial charge in [-0.05, 0) is 23.1 Å². The molecule has 0 aliphatic rings. The maximum atomic E-state index is 9.14. The number of hydrogen-bond donors (Lipinski definition) is 1. The minimum Gasteiger partial charge on any atom is -0.493 e. The summed E-state index contributed by atoms with van der Waals surface area (Å²) in [5, 5.41) is 9.14. The highest BCUT2D eigenvalue weighted by molar-refractivity contribution is 5.31. The normalized spacial score (nSPS) is 12.6. The molecule has 0 bridgehead atoms. The molecule has 0 aromatic heterocycles. The first-order valence-electron chi connectivity index (χ1n) is 6.09. The lowest BCUT2D eigenvalue weighted by atomic mass is 9.87. The SMILES string of the molecule is CC(C)(CO)COc1ccc(C(C)(C)C)cc1. The number of rotatable bonds is 4. The van der Waals surface area contributed by atoms with Gasteiger partial charge in [0.05, 0.1) is 13.2 Å². The maximum Gasteiger partial charge on any atom is 0.119 e. The minimum absolute atomic E-state index is 0.132. The van der Waals surface area contributed by atoms with Gasteiger partial charge in [-0.15, -0.1) is 0 Å². The van der Waals surface area contributed by atoms with E-state index in [2.05, 4.69) is 32.9 Å². The Morgan fingerprint density at radius 1 is 1.00 bits per heavy atom. The van der Waals surface area contributed by atoms with Crippen LogP contribution >= 0.6 is 0 Å². The van der Waals surface area contributed by atoms with Gasteiger partial charge in [-0.3, -0.25) is 0 Å². The van der Waals surface area contributed by atoms with Gasteiger partial charge in [-0.2, -0.15) is 0 Å². The van der Waals surface area contributed by atoms with Crippen LogP contribution in [0.5, 0.6) is 5.75 Å². The summed E-state index contributed by atoms with van der Waals surface area (Å²) >= 11 is 0. The fraction of sp³-hybridized carbons (Fsp3) is 0.600. The number of benzene rings is 1. The van der Waals surface area contributed by atoms with Crippen LogP contribution in [0.4, 0.5) is 0 Å². The molecule has 0 heterocycles. The fourth-order valence-corrected chi connectivity index (χ4v) is 1.38. The average molecular weight is 236 g/mol. The van der Waals surface area contributed by atoms with Gasteiger partial charge < -0.3 is 9.84 Å². The molecule has 2 heteroatoms. The Morgan fingerprint density at radius 3 is 1.94 bits per heavy atom. The van der Waals surface area contributed by atoms with Gasteiger partial charge in [0.15, 0.2) is 0 Å². The van der Waals surface area contributed by atoms with E-state index >= 15 is 0 Å².